The molecule has 0 aromatic heterocycles. The van der Waals surface area contributed by atoms with Gasteiger partial charge in [0.05, 0.1) is 26.4 Å². The first-order valence-corrected chi connectivity index (χ1v) is 14.1. The molecule has 14 N–H and O–H groups in total. The van der Waals surface area contributed by atoms with Crippen molar-refractivity contribution in [2.45, 2.75) is 123 Å². The molecule has 4 aliphatic heterocycles. The van der Waals surface area contributed by atoms with E-state index in [0.717, 1.165) is 0 Å². The van der Waals surface area contributed by atoms with Crippen LogP contribution in [0.4, 0.5) is 0 Å². The van der Waals surface area contributed by atoms with E-state index in [1.807, 2.05) is 0 Å². The van der Waals surface area contributed by atoms with Gasteiger partial charge < -0.3 is 105 Å². The maximum atomic E-state index is 11.1. The number of hydrogen-bond acceptors (Lipinski definition) is 21. The standard InChI is InChI=1S/C24H42O21/c25-1-5(28)18-14(34)16(36)23(43-18)44-19-11(31)8(4-39-22-15(35)12(32)9(29)7(3-27)41-22)42-24(17(19)37)45-20-13(33)10(30)6(2-26)40-21(20)38/h5-38H,1-4H2/t5-,6-,7-,8-,9+,10-,11-,12+,13+,14-,15-,16-,17+,18+,19+,20-,21?,22-,23-,24-/m1/s1. The van der Waals surface area contributed by atoms with Gasteiger partial charge in [0.1, 0.15) is 97.7 Å². The van der Waals surface area contributed by atoms with Crippen molar-refractivity contribution in [1.82, 2.24) is 0 Å². The molecule has 21 heteroatoms. The molecule has 0 aromatic rings. The lowest BCUT2D eigenvalue weighted by atomic mass is 9.97. The molecular weight excluding hydrogens is 624 g/mol. The first-order chi connectivity index (χ1) is 21.2. The van der Waals surface area contributed by atoms with E-state index in [9.17, 15) is 71.5 Å². The van der Waals surface area contributed by atoms with Gasteiger partial charge >= 0.3 is 0 Å². The van der Waals surface area contributed by atoms with Crippen LogP contribution in [0.25, 0.3) is 0 Å². The summed E-state index contributed by atoms with van der Waals surface area (Å²) in [5.41, 5.74) is 0. The van der Waals surface area contributed by atoms with Gasteiger partial charge in [0.25, 0.3) is 0 Å². The summed E-state index contributed by atoms with van der Waals surface area (Å²) in [6.07, 6.45) is -35.4. The van der Waals surface area contributed by atoms with Crippen molar-refractivity contribution in [1.29, 1.82) is 0 Å². The van der Waals surface area contributed by atoms with Crippen LogP contribution in [0.2, 0.25) is 0 Å². The highest BCUT2D eigenvalue weighted by Crippen LogP contribution is 2.33. The van der Waals surface area contributed by atoms with E-state index in [2.05, 4.69) is 0 Å². The second kappa shape index (κ2) is 15.6. The zero-order valence-corrected chi connectivity index (χ0v) is 23.5. The van der Waals surface area contributed by atoms with Gasteiger partial charge in [0.2, 0.25) is 0 Å². The number of hydrogen-bond donors (Lipinski definition) is 14. The Morgan fingerprint density at radius 2 is 1.02 bits per heavy atom. The van der Waals surface area contributed by atoms with Gasteiger partial charge in [-0.25, -0.2) is 0 Å². The summed E-state index contributed by atoms with van der Waals surface area (Å²) >= 11 is 0. The van der Waals surface area contributed by atoms with Crippen molar-refractivity contribution in [3.63, 3.8) is 0 Å². The summed E-state index contributed by atoms with van der Waals surface area (Å²) < 4.78 is 37.7. The topological polar surface area (TPSA) is 348 Å². The third kappa shape index (κ3) is 7.59. The molecule has 45 heavy (non-hydrogen) atoms. The molecule has 0 saturated carbocycles. The monoisotopic (exact) mass is 666 g/mol. The normalized spacial score (nSPS) is 51.7. The van der Waals surface area contributed by atoms with Gasteiger partial charge in [-0.1, -0.05) is 0 Å². The van der Waals surface area contributed by atoms with Crippen molar-refractivity contribution < 1.29 is 105 Å². The molecule has 1 unspecified atom stereocenters. The highest BCUT2D eigenvalue weighted by atomic mass is 16.8. The molecule has 264 valence electrons. The van der Waals surface area contributed by atoms with Crippen LogP contribution in [0.15, 0.2) is 0 Å². The summed E-state index contributed by atoms with van der Waals surface area (Å²) in [6.45, 7) is -3.18. The van der Waals surface area contributed by atoms with E-state index < -0.39 is 149 Å². The fourth-order valence-corrected chi connectivity index (χ4v) is 5.44. The number of aliphatic hydroxyl groups excluding tert-OH is 14. The van der Waals surface area contributed by atoms with Crippen LogP contribution >= 0.6 is 0 Å². The van der Waals surface area contributed by atoms with Crippen LogP contribution in [-0.2, 0) is 33.2 Å². The minimum Gasteiger partial charge on any atom is -0.394 e. The number of aliphatic hydroxyl groups is 14. The van der Waals surface area contributed by atoms with E-state index in [1.54, 1.807) is 0 Å². The Labute approximate surface area is 254 Å². The summed E-state index contributed by atoms with van der Waals surface area (Å²) in [6, 6.07) is 0. The van der Waals surface area contributed by atoms with Crippen molar-refractivity contribution in [3.8, 4) is 0 Å². The van der Waals surface area contributed by atoms with Crippen LogP contribution in [0.1, 0.15) is 0 Å². The van der Waals surface area contributed by atoms with E-state index in [1.165, 1.54) is 0 Å². The fraction of sp³-hybridized carbons (Fsp3) is 1.00. The third-order valence-electron chi connectivity index (χ3n) is 8.16. The van der Waals surface area contributed by atoms with Crippen molar-refractivity contribution in [2.24, 2.45) is 0 Å². The van der Waals surface area contributed by atoms with Crippen molar-refractivity contribution >= 4 is 0 Å². The van der Waals surface area contributed by atoms with E-state index in [4.69, 9.17) is 33.2 Å². The van der Waals surface area contributed by atoms with Gasteiger partial charge in [-0.05, 0) is 0 Å². The lowest BCUT2D eigenvalue weighted by molar-refractivity contribution is -0.377. The molecular formula is C24H42O21. The average molecular weight is 667 g/mol. The second-order valence-corrected chi connectivity index (χ2v) is 11.2. The predicted octanol–water partition coefficient (Wildman–Crippen LogP) is -9.75. The van der Waals surface area contributed by atoms with E-state index in [-0.39, 0.29) is 0 Å². The molecule has 4 fully saturated rings. The highest BCUT2D eigenvalue weighted by molar-refractivity contribution is 4.97. The van der Waals surface area contributed by atoms with Crippen molar-refractivity contribution in [3.05, 3.63) is 0 Å². The van der Waals surface area contributed by atoms with E-state index in [0.29, 0.717) is 0 Å². The molecule has 0 radical (unpaired) electrons. The third-order valence-corrected chi connectivity index (χ3v) is 8.16. The zero-order valence-electron chi connectivity index (χ0n) is 23.5. The van der Waals surface area contributed by atoms with Gasteiger partial charge in [-0.15, -0.1) is 0 Å². The number of ether oxygens (including phenoxy) is 7. The Balaban J connectivity index is 1.54. The minimum atomic E-state index is -2.05. The summed E-state index contributed by atoms with van der Waals surface area (Å²) in [4.78, 5) is 0. The average Bonchev–Trinajstić information content (AvgIpc) is 3.31. The quantitative estimate of drug-likeness (QED) is 0.0973. The summed E-state index contributed by atoms with van der Waals surface area (Å²) in [5.74, 6) is 0. The van der Waals surface area contributed by atoms with Gasteiger partial charge in [-0.2, -0.15) is 0 Å². The lowest BCUT2D eigenvalue weighted by Gasteiger charge is -2.47. The molecule has 0 aromatic carbocycles. The maximum absolute atomic E-state index is 11.1. The Kier molecular flexibility index (Phi) is 12.8. The lowest BCUT2D eigenvalue weighted by Crippen LogP contribution is -2.65. The van der Waals surface area contributed by atoms with Gasteiger partial charge in [-0.3, -0.25) is 0 Å². The van der Waals surface area contributed by atoms with E-state index >= 15 is 0 Å². The molecule has 0 spiro atoms. The minimum absolute atomic E-state index is 0.750. The van der Waals surface area contributed by atoms with Crippen molar-refractivity contribution in [2.75, 3.05) is 26.4 Å². The molecule has 21 nitrogen and oxygen atoms in total. The fourth-order valence-electron chi connectivity index (χ4n) is 5.44. The molecule has 4 saturated heterocycles. The first kappa shape index (κ1) is 37.0. The first-order valence-electron chi connectivity index (χ1n) is 14.1. The molecule has 0 amide bonds. The largest absolute Gasteiger partial charge is 0.394 e. The van der Waals surface area contributed by atoms with Crippen LogP contribution in [-0.4, -0.2) is 221 Å². The zero-order chi connectivity index (χ0) is 33.3. The summed E-state index contributed by atoms with van der Waals surface area (Å²) in [7, 11) is 0. The van der Waals surface area contributed by atoms with Crippen LogP contribution in [0.3, 0.4) is 0 Å². The molecule has 4 aliphatic rings. The summed E-state index contributed by atoms with van der Waals surface area (Å²) in [5, 5.41) is 142. The molecule has 20 atom stereocenters. The van der Waals surface area contributed by atoms with Crippen LogP contribution in [0, 0.1) is 0 Å². The SMILES string of the molecule is OC[C@@H](O)[C@@H]1O[C@H](O[C@@H]2[C@H](O)[C@@H](O[C@H]3C(O)O[C@H](CO)[C@@H](O)[C@@H]3O)O[C@H](CO[C@@H]3O[C@H](CO)[C@H](O)[C@H](O)[C@H]3O)[C@H]2O)[C@H](O)[C@H]1O. The number of rotatable bonds is 11. The van der Waals surface area contributed by atoms with Crippen LogP contribution in [0.5, 0.6) is 0 Å². The smallest absolute Gasteiger partial charge is 0.187 e. The molecule has 0 bridgehead atoms. The second-order valence-electron chi connectivity index (χ2n) is 11.2. The Morgan fingerprint density at radius 1 is 0.489 bits per heavy atom. The molecule has 0 aliphatic carbocycles. The van der Waals surface area contributed by atoms with Gasteiger partial charge in [0, 0.05) is 0 Å². The van der Waals surface area contributed by atoms with Crippen LogP contribution < -0.4 is 0 Å². The Hall–Kier alpha value is -0.840. The predicted molar refractivity (Wildman–Crippen MR) is 134 cm³/mol. The molecule has 4 rings (SSSR count). The van der Waals surface area contributed by atoms with Gasteiger partial charge in [0.15, 0.2) is 25.2 Å². The Morgan fingerprint density at radius 3 is 1.64 bits per heavy atom. The highest BCUT2D eigenvalue weighted by Gasteiger charge is 2.55. The Bertz CT molecular complexity index is 916. The maximum Gasteiger partial charge on any atom is 0.187 e. The molecule has 4 heterocycles.